The van der Waals surface area contributed by atoms with Gasteiger partial charge in [-0.25, -0.2) is 0 Å². The molecule has 3 aromatic rings. The first-order valence-corrected chi connectivity index (χ1v) is 31.6. The second kappa shape index (κ2) is 32.4. The van der Waals surface area contributed by atoms with Crippen LogP contribution >= 0.6 is 24.8 Å². The standard InChI is InChI=1S/C63H90N12O15.2ClH/c1-36-34-75-54(55(36)82)60(87)66-33-43(77)31-45(67-56(83)39-6-8-40(9-7-39)72-24-26-73(27-25-72)42-12-10-41(11-13-42)71-22-18-63(19-23-71)16-3-4-17-63)57(84)68-51(37(2)76)61(88)74-35-44(78)32-46(74)58(85)69-52(59(86)70-53(62(75)89)48(80)15-20-64)49(81)29-38-5-14-47(79)50(30-38)90-28-21-65;;/h5-14,30,36-37,43-46,48-49,51-55,76-82H,3-4,15-29,31-35,64-65H2,1-2H3,(H,66,87)(H,67,83)(H,68,84)(H,69,85)(H,70,86);2*1H/t36-,37+,43+,44+,45-,46-,48+,49+,51-,52-,53-,54-,55-;;/m0../s1. The van der Waals surface area contributed by atoms with Crippen LogP contribution in [0.3, 0.4) is 0 Å². The molecule has 3 aromatic carbocycles. The van der Waals surface area contributed by atoms with E-state index < -0.39 is 152 Å². The summed E-state index contributed by atoms with van der Waals surface area (Å²) in [4.78, 5) is 110. The lowest BCUT2D eigenvalue weighted by molar-refractivity contribution is -0.147. The van der Waals surface area contributed by atoms with E-state index in [0.29, 0.717) is 18.5 Å². The van der Waals surface area contributed by atoms with Crippen molar-refractivity contribution in [1.29, 1.82) is 0 Å². The van der Waals surface area contributed by atoms with Gasteiger partial charge in [0, 0.05) is 113 Å². The molecule has 508 valence electrons. The van der Waals surface area contributed by atoms with Crippen molar-refractivity contribution in [3.05, 3.63) is 77.9 Å². The van der Waals surface area contributed by atoms with Gasteiger partial charge in [0.15, 0.2) is 11.5 Å². The summed E-state index contributed by atoms with van der Waals surface area (Å²) in [5, 5.41) is 91.6. The highest BCUT2D eigenvalue weighted by Crippen LogP contribution is 2.47. The van der Waals surface area contributed by atoms with Crippen molar-refractivity contribution in [3.63, 3.8) is 0 Å². The molecule has 1 saturated carbocycles. The average molecular weight is 1330 g/mol. The number of hydrogen-bond donors (Lipinski definition) is 14. The molecule has 5 saturated heterocycles. The summed E-state index contributed by atoms with van der Waals surface area (Å²) in [5.41, 5.74) is 15.6. The molecule has 29 heteroatoms. The highest BCUT2D eigenvalue weighted by atomic mass is 35.5. The van der Waals surface area contributed by atoms with E-state index in [0.717, 1.165) is 47.4 Å². The van der Waals surface area contributed by atoms with Crippen LogP contribution in [0.1, 0.15) is 87.6 Å². The number of nitrogens with two attached hydrogens (primary N) is 2. The molecule has 1 spiro atoms. The molecular weight excluding hydrogens is 1240 g/mol. The second-order valence-electron chi connectivity index (χ2n) is 25.2. The Morgan fingerprint density at radius 3 is 1.82 bits per heavy atom. The SMILES string of the molecule is C[C@@H](O)[C@@H]1NC(=O)[C@@H](NC(=O)c2ccc(N3CCN(c4ccc(N5CCC6(CCCC6)CC5)cc4)CC3)cc2)C[C@@H](O)CNC(=O)[C@@H]2[C@@H](O)[C@@H](C)CN2C(=O)[C@H]([C@H](O)CCN)NC(=O)[C@H]([C@H](O)Cc2ccc(O)c(OCCN)c2)NC(=O)[C@@H]2C[C@@H](O)CN2C1=O.Cl.Cl. The molecule has 6 aliphatic rings. The summed E-state index contributed by atoms with van der Waals surface area (Å²) < 4.78 is 5.52. The van der Waals surface area contributed by atoms with Crippen LogP contribution < -0.4 is 57.5 Å². The van der Waals surface area contributed by atoms with E-state index in [1.807, 2.05) is 0 Å². The van der Waals surface area contributed by atoms with Gasteiger partial charge in [0.05, 0.1) is 36.6 Å². The lowest BCUT2D eigenvalue weighted by atomic mass is 9.77. The number of halogens is 2. The van der Waals surface area contributed by atoms with Crippen LogP contribution in [-0.4, -0.2) is 238 Å². The number of ether oxygens (including phenoxy) is 1. The second-order valence-corrected chi connectivity index (χ2v) is 25.2. The molecular formula is C63H92Cl2N12O15. The van der Waals surface area contributed by atoms with Crippen molar-refractivity contribution in [2.24, 2.45) is 22.8 Å². The normalized spacial score (nSPS) is 27.8. The van der Waals surface area contributed by atoms with Crippen LogP contribution in [0.2, 0.25) is 0 Å². The fourth-order valence-electron chi connectivity index (χ4n) is 13.6. The van der Waals surface area contributed by atoms with Gasteiger partial charge in [0.2, 0.25) is 35.4 Å². The van der Waals surface area contributed by atoms with Crippen molar-refractivity contribution >= 4 is 83.2 Å². The molecule has 1 aliphatic carbocycles. The lowest BCUT2D eigenvalue weighted by Gasteiger charge is -2.41. The van der Waals surface area contributed by atoms with Gasteiger partial charge >= 0.3 is 0 Å². The van der Waals surface area contributed by atoms with E-state index in [2.05, 4.69) is 65.5 Å². The maximum absolute atomic E-state index is 14.7. The topological polar surface area (TPSA) is 399 Å². The number of phenolic OH excluding ortho intramolecular Hbond substituents is 1. The van der Waals surface area contributed by atoms with E-state index in [1.54, 1.807) is 31.2 Å². The molecule has 27 nitrogen and oxygen atoms in total. The fourth-order valence-corrected chi connectivity index (χ4v) is 13.6. The van der Waals surface area contributed by atoms with E-state index in [1.165, 1.54) is 69.3 Å². The predicted molar refractivity (Wildman–Crippen MR) is 345 cm³/mol. The number of nitrogens with zero attached hydrogens (tertiary/aromatic N) is 5. The van der Waals surface area contributed by atoms with Crippen LogP contribution in [0.25, 0.3) is 0 Å². The summed E-state index contributed by atoms with van der Waals surface area (Å²) in [5.74, 6) is -8.44. The van der Waals surface area contributed by atoms with E-state index in [-0.39, 0.29) is 80.1 Å². The molecule has 5 aliphatic heterocycles. The van der Waals surface area contributed by atoms with Crippen LogP contribution in [-0.2, 0) is 35.2 Å². The summed E-state index contributed by atoms with van der Waals surface area (Å²) >= 11 is 0. The van der Waals surface area contributed by atoms with Crippen molar-refractivity contribution in [2.75, 3.05) is 93.3 Å². The summed E-state index contributed by atoms with van der Waals surface area (Å²) in [6, 6.07) is 8.74. The Morgan fingerprint density at radius 1 is 0.663 bits per heavy atom. The third-order valence-corrected chi connectivity index (χ3v) is 18.9. The third-order valence-electron chi connectivity index (χ3n) is 18.9. The van der Waals surface area contributed by atoms with Crippen molar-refractivity contribution in [2.45, 2.75) is 151 Å². The monoisotopic (exact) mass is 1330 g/mol. The largest absolute Gasteiger partial charge is 0.504 e. The highest BCUT2D eigenvalue weighted by molar-refractivity contribution is 6.00. The van der Waals surface area contributed by atoms with Crippen LogP contribution in [0.4, 0.5) is 17.1 Å². The number of aliphatic hydroxyl groups excluding tert-OH is 6. The Morgan fingerprint density at radius 2 is 1.23 bits per heavy atom. The Hall–Kier alpha value is -6.79. The number of carbonyl (C=O) groups excluding carboxylic acids is 7. The predicted octanol–water partition coefficient (Wildman–Crippen LogP) is -1.64. The number of rotatable bonds is 15. The van der Waals surface area contributed by atoms with Gasteiger partial charge in [-0.2, -0.15) is 0 Å². The number of phenols is 1. The average Bonchev–Trinajstić information content (AvgIpc) is 1.60. The number of aliphatic hydroxyl groups is 6. The number of piperidine rings is 1. The van der Waals surface area contributed by atoms with Gasteiger partial charge in [-0.05, 0) is 117 Å². The highest BCUT2D eigenvalue weighted by Gasteiger charge is 2.50. The summed E-state index contributed by atoms with van der Waals surface area (Å²) in [7, 11) is 0. The minimum atomic E-state index is -2.03. The molecule has 7 amide bonds. The number of anilines is 3. The molecule has 0 aromatic heterocycles. The number of carbonyl (C=O) groups is 7. The van der Waals surface area contributed by atoms with Crippen LogP contribution in [0, 0.1) is 11.3 Å². The zero-order chi connectivity index (χ0) is 64.6. The number of amides is 7. The zero-order valence-corrected chi connectivity index (χ0v) is 53.6. The summed E-state index contributed by atoms with van der Waals surface area (Å²) in [6.07, 6.45) is -3.73. The van der Waals surface area contributed by atoms with E-state index in [9.17, 15) is 69.3 Å². The Labute approximate surface area is 547 Å². The number of aromatic hydroxyl groups is 1. The molecule has 16 N–H and O–H groups in total. The van der Waals surface area contributed by atoms with Gasteiger partial charge in [-0.1, -0.05) is 25.8 Å². The number of β-amino-alcohol motifs (C(OH)–C–C–N with tert-alkyl or cyclic N) is 1. The molecule has 0 radical (unpaired) electrons. The van der Waals surface area contributed by atoms with Gasteiger partial charge in [-0.3, -0.25) is 33.6 Å². The quantitative estimate of drug-likeness (QED) is 0.0811. The molecule has 9 rings (SSSR count). The first-order valence-electron chi connectivity index (χ1n) is 31.6. The first-order chi connectivity index (χ1) is 43.1. The smallest absolute Gasteiger partial charge is 0.251 e. The Bertz CT molecular complexity index is 3010. The zero-order valence-electron chi connectivity index (χ0n) is 52.0. The van der Waals surface area contributed by atoms with Crippen molar-refractivity contribution < 1.29 is 74.0 Å². The van der Waals surface area contributed by atoms with Crippen molar-refractivity contribution in [3.8, 4) is 11.5 Å². The lowest BCUT2D eigenvalue weighted by Crippen LogP contribution is -2.64. The molecule has 5 heterocycles. The number of fused-ring (bicyclic) bond motifs is 2. The molecule has 92 heavy (non-hydrogen) atoms. The molecule has 0 bridgehead atoms. The minimum Gasteiger partial charge on any atom is -0.504 e. The van der Waals surface area contributed by atoms with Crippen LogP contribution in [0.15, 0.2) is 66.7 Å². The van der Waals surface area contributed by atoms with E-state index in [4.69, 9.17) is 16.2 Å². The van der Waals surface area contributed by atoms with Gasteiger partial charge < -0.3 is 103 Å². The fraction of sp³-hybridized carbons (Fsp3) is 0.603. The van der Waals surface area contributed by atoms with Gasteiger partial charge in [0.1, 0.15) is 42.9 Å². The molecule has 6 fully saturated rings. The number of nitrogens with one attached hydrogen (secondary N) is 5. The molecule has 0 unspecified atom stereocenters. The maximum atomic E-state index is 14.7. The van der Waals surface area contributed by atoms with E-state index >= 15 is 0 Å². The first kappa shape index (κ1) is 72.6. The third kappa shape index (κ3) is 17.1. The Kier molecular flexibility index (Phi) is 25.6. The Balaban J connectivity index is 0.00000600. The van der Waals surface area contributed by atoms with Crippen molar-refractivity contribution in [1.82, 2.24) is 36.4 Å². The minimum absolute atomic E-state index is 0. The van der Waals surface area contributed by atoms with Crippen LogP contribution in [0.5, 0.6) is 11.5 Å². The molecule has 13 atom stereocenters. The maximum Gasteiger partial charge on any atom is 0.251 e. The number of benzene rings is 3. The van der Waals surface area contributed by atoms with Gasteiger partial charge in [-0.15, -0.1) is 24.8 Å². The number of hydrogen-bond acceptors (Lipinski definition) is 20. The number of piperazine rings is 1. The summed E-state index contributed by atoms with van der Waals surface area (Å²) in [6.45, 7) is 6.27. The van der Waals surface area contributed by atoms with Gasteiger partial charge in [0.25, 0.3) is 5.91 Å².